The maximum atomic E-state index is 13.4. The second-order valence-electron chi connectivity index (χ2n) is 16.3. The van der Waals surface area contributed by atoms with E-state index < -0.39 is 6.10 Å². The molecule has 0 aliphatic rings. The highest BCUT2D eigenvalue weighted by Crippen LogP contribution is 2.37. The van der Waals surface area contributed by atoms with Crippen molar-refractivity contribution in [2.75, 3.05) is 27.4 Å². The van der Waals surface area contributed by atoms with Gasteiger partial charge in [-0.25, -0.2) is 0 Å². The molecular formula is C51H81NO7. The zero-order valence-corrected chi connectivity index (χ0v) is 39.6. The van der Waals surface area contributed by atoms with E-state index in [0.717, 1.165) is 50.5 Å². The van der Waals surface area contributed by atoms with Gasteiger partial charge in [0.25, 0.3) is 0 Å². The Balaban J connectivity index is 0.00000856. The van der Waals surface area contributed by atoms with Crippen molar-refractivity contribution in [2.45, 2.75) is 154 Å². The topological polar surface area (TPSA) is 104 Å². The summed E-state index contributed by atoms with van der Waals surface area (Å²) >= 11 is 0. The highest BCUT2D eigenvalue weighted by molar-refractivity contribution is 6.00. The van der Waals surface area contributed by atoms with E-state index in [1.807, 2.05) is 46.0 Å². The van der Waals surface area contributed by atoms with Crippen LogP contribution in [0.3, 0.4) is 0 Å². The molecule has 0 fully saturated rings. The third-order valence-electron chi connectivity index (χ3n) is 11.7. The van der Waals surface area contributed by atoms with Crippen LogP contribution in [0, 0.1) is 36.5 Å². The minimum atomic E-state index is -0.404. The normalized spacial score (nSPS) is 14.6. The summed E-state index contributed by atoms with van der Waals surface area (Å²) in [6.07, 6.45) is 13.0. The quantitative estimate of drug-likeness (QED) is 0.0414. The summed E-state index contributed by atoms with van der Waals surface area (Å²) in [6, 6.07) is 7.24. The number of aryl methyl sites for hydroxylation is 1. The Kier molecular flexibility index (Phi) is 25.7. The fourth-order valence-electron chi connectivity index (χ4n) is 6.97. The van der Waals surface area contributed by atoms with Crippen LogP contribution in [0.4, 0.5) is 5.69 Å². The monoisotopic (exact) mass is 820 g/mol. The molecule has 5 atom stereocenters. The molecule has 0 aliphatic carbocycles. The number of ketones is 2. The third-order valence-corrected chi connectivity index (χ3v) is 11.7. The van der Waals surface area contributed by atoms with Gasteiger partial charge in [0.1, 0.15) is 0 Å². The van der Waals surface area contributed by atoms with Gasteiger partial charge in [-0.15, -0.1) is 0 Å². The number of unbranched alkanes of at least 4 members (excludes halogenated alkanes) is 2. The Morgan fingerprint density at radius 3 is 1.81 bits per heavy atom. The lowest BCUT2D eigenvalue weighted by molar-refractivity contribution is 0.0333. The molecule has 8 heteroatoms. The molecule has 0 bridgehead atoms. The van der Waals surface area contributed by atoms with E-state index in [4.69, 9.17) is 23.9 Å². The Morgan fingerprint density at radius 1 is 0.763 bits per heavy atom. The first-order valence-corrected chi connectivity index (χ1v) is 22.3. The second kappa shape index (κ2) is 28.5. The van der Waals surface area contributed by atoms with Crippen molar-refractivity contribution in [3.63, 3.8) is 0 Å². The van der Waals surface area contributed by atoms with Crippen molar-refractivity contribution in [3.8, 4) is 23.0 Å². The van der Waals surface area contributed by atoms with Gasteiger partial charge >= 0.3 is 0 Å². The van der Waals surface area contributed by atoms with Crippen LogP contribution in [0.5, 0.6) is 23.0 Å². The van der Waals surface area contributed by atoms with Crippen LogP contribution in [0.15, 0.2) is 52.6 Å². The average molecular weight is 820 g/mol. The number of nitrogens with zero attached hydrogens (tertiary/aromatic N) is 1. The van der Waals surface area contributed by atoms with Gasteiger partial charge in [-0.2, -0.15) is 0 Å². The van der Waals surface area contributed by atoms with E-state index in [9.17, 15) is 14.7 Å². The maximum absolute atomic E-state index is 13.4. The first-order valence-electron chi connectivity index (χ1n) is 22.3. The van der Waals surface area contributed by atoms with Gasteiger partial charge in [-0.3, -0.25) is 14.6 Å². The molecule has 0 heterocycles. The van der Waals surface area contributed by atoms with Crippen LogP contribution >= 0.6 is 0 Å². The number of aliphatic imine (C=N–C) groups is 1. The van der Waals surface area contributed by atoms with Crippen molar-refractivity contribution >= 4 is 23.5 Å². The van der Waals surface area contributed by atoms with E-state index in [2.05, 4.69) is 67.5 Å². The number of benzene rings is 2. The van der Waals surface area contributed by atoms with Crippen molar-refractivity contribution in [2.24, 2.45) is 34.6 Å². The van der Waals surface area contributed by atoms with Crippen LogP contribution < -0.4 is 18.9 Å². The molecule has 0 amide bonds. The van der Waals surface area contributed by atoms with E-state index in [-0.39, 0.29) is 29.3 Å². The lowest BCUT2D eigenvalue weighted by atomic mass is 9.79. The van der Waals surface area contributed by atoms with E-state index in [1.165, 1.54) is 11.1 Å². The first kappa shape index (κ1) is 53.1. The highest BCUT2D eigenvalue weighted by atomic mass is 16.5. The standard InChI is InChI=1S/C49H75NO7.C2H6/c1-14-33(6)25-39(49(53)37(10)32(4)5)21-20-22-44(52)41-28-45(54-12)47(27-36(41)9)56-23-18-17-19-24-57-48-30-43(42(38(11)51)29-46(48)55-13)50-31-40(35(8)16-3)26-34(7)15-2;1-2/h14-15,27-32,35,37,39-40,49,53H,16-26H2,1-13H3;1-2H3/b33-14-,34-15-,50-31?;. The molecule has 0 saturated heterocycles. The van der Waals surface area contributed by atoms with E-state index in [1.54, 1.807) is 33.3 Å². The van der Waals surface area contributed by atoms with Crippen molar-refractivity contribution in [1.82, 2.24) is 0 Å². The van der Waals surface area contributed by atoms with Gasteiger partial charge in [0.15, 0.2) is 34.6 Å². The zero-order valence-electron chi connectivity index (χ0n) is 39.6. The number of hydrogen-bond donors (Lipinski definition) is 1. The molecule has 2 aromatic carbocycles. The smallest absolute Gasteiger partial charge is 0.163 e. The molecule has 0 saturated carbocycles. The zero-order chi connectivity index (χ0) is 44.7. The Labute approximate surface area is 359 Å². The average Bonchev–Trinajstić information content (AvgIpc) is 3.23. The second-order valence-corrected chi connectivity index (χ2v) is 16.3. The maximum Gasteiger partial charge on any atom is 0.163 e. The lowest BCUT2D eigenvalue weighted by Gasteiger charge is -2.30. The SMILES string of the molecule is C/C=C(/C)CC(C=Nc1cc(OCCCCCOc2cc(C)c(C(=O)CCCC(C/C(C)=C\C)C(O)C(C)C(C)C)cc2OC)c(OC)cc1C(C)=O)C(C)CC.CC. The number of ether oxygens (including phenoxy) is 4. The van der Waals surface area contributed by atoms with Gasteiger partial charge in [-0.1, -0.05) is 78.2 Å². The molecule has 2 rings (SSSR count). The molecule has 59 heavy (non-hydrogen) atoms. The number of methoxy groups -OCH3 is 2. The van der Waals surface area contributed by atoms with Crippen LogP contribution in [0.2, 0.25) is 0 Å². The van der Waals surface area contributed by atoms with Gasteiger partial charge in [0.2, 0.25) is 0 Å². The summed E-state index contributed by atoms with van der Waals surface area (Å²) in [6.45, 7) is 27.6. The number of Topliss-reactive ketones (excluding diaryl/α,β-unsaturated/α-hetero) is 2. The fourth-order valence-corrected chi connectivity index (χ4v) is 6.97. The molecule has 0 spiro atoms. The largest absolute Gasteiger partial charge is 0.493 e. The van der Waals surface area contributed by atoms with Gasteiger partial charge in [0, 0.05) is 35.7 Å². The number of aliphatic hydroxyl groups is 1. The molecule has 0 aromatic heterocycles. The molecule has 5 unspecified atom stereocenters. The minimum absolute atomic E-state index is 0.0755. The van der Waals surface area contributed by atoms with E-state index in [0.29, 0.717) is 77.7 Å². The highest BCUT2D eigenvalue weighted by Gasteiger charge is 2.27. The number of carbonyl (C=O) groups excluding carboxylic acids is 2. The Bertz CT molecular complexity index is 1660. The number of aliphatic hydroxyl groups excluding tert-OH is 1. The molecule has 8 nitrogen and oxygen atoms in total. The van der Waals surface area contributed by atoms with Crippen LogP contribution in [-0.2, 0) is 0 Å². The molecular weight excluding hydrogens is 739 g/mol. The summed E-state index contributed by atoms with van der Waals surface area (Å²) < 4.78 is 23.6. The molecule has 332 valence electrons. The summed E-state index contributed by atoms with van der Waals surface area (Å²) in [5.41, 5.74) is 5.18. The predicted octanol–water partition coefficient (Wildman–Crippen LogP) is 13.6. The van der Waals surface area contributed by atoms with Crippen molar-refractivity contribution < 1.29 is 33.6 Å². The third kappa shape index (κ3) is 17.7. The molecule has 1 N–H and O–H groups in total. The molecule has 0 radical (unpaired) electrons. The van der Waals surface area contributed by atoms with E-state index >= 15 is 0 Å². The van der Waals surface area contributed by atoms with Gasteiger partial charge < -0.3 is 24.1 Å². The summed E-state index contributed by atoms with van der Waals surface area (Å²) in [4.78, 5) is 30.8. The number of hydrogen-bond acceptors (Lipinski definition) is 8. The molecule has 2 aromatic rings. The minimum Gasteiger partial charge on any atom is -0.493 e. The Morgan fingerprint density at radius 2 is 1.31 bits per heavy atom. The van der Waals surface area contributed by atoms with Gasteiger partial charge in [0.05, 0.1) is 39.2 Å². The van der Waals surface area contributed by atoms with Crippen molar-refractivity contribution in [1.29, 1.82) is 0 Å². The fraction of sp³-hybridized carbons (Fsp3) is 0.627. The summed E-state index contributed by atoms with van der Waals surface area (Å²) in [5, 5.41) is 11.2. The number of allylic oxidation sites excluding steroid dienone is 4. The Hall–Kier alpha value is -3.91. The van der Waals surface area contributed by atoms with Gasteiger partial charge in [-0.05, 0) is 134 Å². The van der Waals surface area contributed by atoms with Crippen LogP contribution in [-0.4, -0.2) is 56.4 Å². The van der Waals surface area contributed by atoms with Crippen LogP contribution in [0.25, 0.3) is 0 Å². The lowest BCUT2D eigenvalue weighted by Crippen LogP contribution is -2.31. The number of carbonyl (C=O) groups is 2. The molecule has 0 aliphatic heterocycles. The summed E-state index contributed by atoms with van der Waals surface area (Å²) in [7, 11) is 3.17. The first-order chi connectivity index (χ1) is 28.1. The number of rotatable bonds is 27. The van der Waals surface area contributed by atoms with Crippen molar-refractivity contribution in [3.05, 3.63) is 64.3 Å². The van der Waals surface area contributed by atoms with Crippen LogP contribution in [0.1, 0.15) is 167 Å². The predicted molar refractivity (Wildman–Crippen MR) is 248 cm³/mol. The summed E-state index contributed by atoms with van der Waals surface area (Å²) in [5.74, 6) is 3.64.